The molecule has 0 aromatic heterocycles. The van der Waals surface area contributed by atoms with Crippen molar-refractivity contribution in [2.45, 2.75) is 11.8 Å². The molecule has 0 saturated carbocycles. The van der Waals surface area contributed by atoms with Gasteiger partial charge in [0.25, 0.3) is 10.0 Å². The number of benzene rings is 2. The molecule has 0 saturated heterocycles. The fourth-order valence-corrected chi connectivity index (χ4v) is 3.38. The highest BCUT2D eigenvalue weighted by atomic mass is 79.9. The van der Waals surface area contributed by atoms with Crippen LogP contribution in [0.1, 0.15) is 5.56 Å². The summed E-state index contributed by atoms with van der Waals surface area (Å²) < 4.78 is 41.0. The molecule has 2 aromatic carbocycles. The zero-order chi connectivity index (χ0) is 14.9. The number of nitrogens with two attached hydrogens (primary N) is 1. The average molecular weight is 359 g/mol. The maximum absolute atomic E-state index is 13.6. The average Bonchev–Trinajstić information content (AvgIpc) is 2.36. The highest BCUT2D eigenvalue weighted by Crippen LogP contribution is 2.25. The van der Waals surface area contributed by atoms with E-state index in [1.807, 2.05) is 0 Å². The van der Waals surface area contributed by atoms with Crippen molar-refractivity contribution >= 4 is 37.3 Å². The zero-order valence-corrected chi connectivity index (χ0v) is 12.9. The van der Waals surface area contributed by atoms with E-state index in [4.69, 9.17) is 5.73 Å². The lowest BCUT2D eigenvalue weighted by atomic mass is 10.2. The molecule has 3 N–H and O–H groups in total. The van der Waals surface area contributed by atoms with Gasteiger partial charge in [-0.25, -0.2) is 12.8 Å². The smallest absolute Gasteiger partial charge is 0.262 e. The second-order valence-electron chi connectivity index (χ2n) is 4.25. The van der Waals surface area contributed by atoms with Crippen LogP contribution in [0.3, 0.4) is 0 Å². The van der Waals surface area contributed by atoms with E-state index in [0.29, 0.717) is 15.7 Å². The summed E-state index contributed by atoms with van der Waals surface area (Å²) in [6.45, 7) is 1.64. The minimum Gasteiger partial charge on any atom is -0.399 e. The Kier molecular flexibility index (Phi) is 4.01. The molecule has 2 aromatic rings. The molecule has 0 unspecified atom stereocenters. The molecule has 0 fully saturated rings. The van der Waals surface area contributed by atoms with Crippen molar-refractivity contribution in [3.63, 3.8) is 0 Å². The van der Waals surface area contributed by atoms with Crippen LogP contribution < -0.4 is 10.5 Å². The summed E-state index contributed by atoms with van der Waals surface area (Å²) in [5.74, 6) is -0.654. The van der Waals surface area contributed by atoms with Gasteiger partial charge in [0.05, 0.1) is 10.6 Å². The van der Waals surface area contributed by atoms with Crippen LogP contribution in [-0.2, 0) is 10.0 Å². The molecule has 2 rings (SSSR count). The fourth-order valence-electron chi connectivity index (χ4n) is 1.68. The number of hydrogen-bond acceptors (Lipinski definition) is 3. The quantitative estimate of drug-likeness (QED) is 0.827. The maximum atomic E-state index is 13.6. The van der Waals surface area contributed by atoms with E-state index in [2.05, 4.69) is 20.7 Å². The van der Waals surface area contributed by atoms with Crippen molar-refractivity contribution in [2.75, 3.05) is 10.5 Å². The Balaban J connectivity index is 2.46. The van der Waals surface area contributed by atoms with Gasteiger partial charge in [0.1, 0.15) is 5.82 Å². The second-order valence-corrected chi connectivity index (χ2v) is 6.82. The molecule has 106 valence electrons. The summed E-state index contributed by atoms with van der Waals surface area (Å²) in [5.41, 5.74) is 6.33. The Morgan fingerprint density at radius 3 is 2.60 bits per heavy atom. The first-order valence-electron chi connectivity index (χ1n) is 5.63. The summed E-state index contributed by atoms with van der Waals surface area (Å²) in [6.07, 6.45) is 0. The van der Waals surface area contributed by atoms with Crippen LogP contribution >= 0.6 is 15.9 Å². The summed E-state index contributed by atoms with van der Waals surface area (Å²) in [6, 6.07) is 8.56. The molecule has 0 aliphatic heterocycles. The third kappa shape index (κ3) is 3.10. The first kappa shape index (κ1) is 14.8. The molecule has 0 aliphatic carbocycles. The minimum absolute atomic E-state index is 0.0249. The SMILES string of the molecule is Cc1ccc(N)cc1S(=O)(=O)Nc1cc(Br)ccc1F. The van der Waals surface area contributed by atoms with Gasteiger partial charge in [0, 0.05) is 10.2 Å². The van der Waals surface area contributed by atoms with Crippen molar-refractivity contribution in [2.24, 2.45) is 0 Å². The molecule has 4 nitrogen and oxygen atoms in total. The Labute approximate surface area is 125 Å². The van der Waals surface area contributed by atoms with Crippen LogP contribution in [0.2, 0.25) is 0 Å². The molecule has 20 heavy (non-hydrogen) atoms. The number of sulfonamides is 1. The van der Waals surface area contributed by atoms with Gasteiger partial charge in [-0.1, -0.05) is 22.0 Å². The Morgan fingerprint density at radius 2 is 1.90 bits per heavy atom. The fraction of sp³-hybridized carbons (Fsp3) is 0.0769. The van der Waals surface area contributed by atoms with Gasteiger partial charge in [-0.2, -0.15) is 0 Å². The van der Waals surface area contributed by atoms with E-state index in [0.717, 1.165) is 0 Å². The number of rotatable bonds is 3. The van der Waals surface area contributed by atoms with Crippen LogP contribution in [0.4, 0.5) is 15.8 Å². The molecule has 0 bridgehead atoms. The van der Waals surface area contributed by atoms with Crippen LogP contribution in [0, 0.1) is 12.7 Å². The van der Waals surface area contributed by atoms with Gasteiger partial charge >= 0.3 is 0 Å². The Morgan fingerprint density at radius 1 is 1.20 bits per heavy atom. The van der Waals surface area contributed by atoms with Gasteiger partial charge in [0.15, 0.2) is 0 Å². The van der Waals surface area contributed by atoms with Crippen molar-refractivity contribution in [1.29, 1.82) is 0 Å². The van der Waals surface area contributed by atoms with E-state index in [9.17, 15) is 12.8 Å². The number of halogens is 2. The Bertz CT molecular complexity index is 763. The molecule has 0 spiro atoms. The summed E-state index contributed by atoms with van der Waals surface area (Å²) in [5, 5.41) is 0. The van der Waals surface area contributed by atoms with Crippen molar-refractivity contribution < 1.29 is 12.8 Å². The zero-order valence-electron chi connectivity index (χ0n) is 10.5. The predicted molar refractivity (Wildman–Crippen MR) is 80.5 cm³/mol. The molecule has 0 atom stereocenters. The minimum atomic E-state index is -3.90. The molecule has 0 amide bonds. The predicted octanol–water partition coefficient (Wildman–Crippen LogP) is 3.28. The number of anilines is 2. The lowest BCUT2D eigenvalue weighted by molar-refractivity contribution is 0.598. The normalized spacial score (nSPS) is 11.3. The second kappa shape index (κ2) is 5.41. The van der Waals surface area contributed by atoms with Crippen LogP contribution in [0.15, 0.2) is 45.8 Å². The van der Waals surface area contributed by atoms with E-state index in [1.54, 1.807) is 19.1 Å². The van der Waals surface area contributed by atoms with Gasteiger partial charge in [-0.3, -0.25) is 4.72 Å². The largest absolute Gasteiger partial charge is 0.399 e. The van der Waals surface area contributed by atoms with E-state index >= 15 is 0 Å². The van der Waals surface area contributed by atoms with E-state index in [1.165, 1.54) is 24.3 Å². The summed E-state index contributed by atoms with van der Waals surface area (Å²) in [4.78, 5) is 0.0249. The van der Waals surface area contributed by atoms with Gasteiger partial charge in [0.2, 0.25) is 0 Å². The number of nitrogens with one attached hydrogen (secondary N) is 1. The van der Waals surface area contributed by atoms with Gasteiger partial charge in [-0.15, -0.1) is 0 Å². The van der Waals surface area contributed by atoms with Gasteiger partial charge < -0.3 is 5.73 Å². The highest BCUT2D eigenvalue weighted by Gasteiger charge is 2.19. The first-order valence-corrected chi connectivity index (χ1v) is 7.91. The van der Waals surface area contributed by atoms with Crippen molar-refractivity contribution in [3.8, 4) is 0 Å². The van der Waals surface area contributed by atoms with Gasteiger partial charge in [-0.05, 0) is 42.8 Å². The maximum Gasteiger partial charge on any atom is 0.262 e. The standard InChI is InChI=1S/C13H12BrFN2O2S/c1-8-2-4-10(16)7-13(8)20(18,19)17-12-6-9(14)3-5-11(12)15/h2-7,17H,16H2,1H3. The lowest BCUT2D eigenvalue weighted by Gasteiger charge is -2.12. The monoisotopic (exact) mass is 358 g/mol. The molecule has 0 heterocycles. The van der Waals surface area contributed by atoms with E-state index < -0.39 is 15.8 Å². The van der Waals surface area contributed by atoms with E-state index in [-0.39, 0.29) is 10.6 Å². The molecule has 0 aliphatic rings. The lowest BCUT2D eigenvalue weighted by Crippen LogP contribution is -2.15. The third-order valence-electron chi connectivity index (χ3n) is 2.67. The highest BCUT2D eigenvalue weighted by molar-refractivity contribution is 9.10. The topological polar surface area (TPSA) is 72.2 Å². The number of nitrogen functional groups attached to an aromatic ring is 1. The van der Waals surface area contributed by atoms with Crippen LogP contribution in [0.5, 0.6) is 0 Å². The summed E-state index contributed by atoms with van der Waals surface area (Å²) in [7, 11) is -3.90. The number of hydrogen-bond donors (Lipinski definition) is 2. The molecular formula is C13H12BrFN2O2S. The van der Waals surface area contributed by atoms with Crippen molar-refractivity contribution in [3.05, 3.63) is 52.3 Å². The van der Waals surface area contributed by atoms with Crippen LogP contribution in [-0.4, -0.2) is 8.42 Å². The first-order chi connectivity index (χ1) is 9.29. The number of aryl methyl sites for hydroxylation is 1. The van der Waals surface area contributed by atoms with Crippen LogP contribution in [0.25, 0.3) is 0 Å². The molecule has 0 radical (unpaired) electrons. The van der Waals surface area contributed by atoms with Crippen molar-refractivity contribution in [1.82, 2.24) is 0 Å². The molecule has 7 heteroatoms. The summed E-state index contributed by atoms with van der Waals surface area (Å²) >= 11 is 3.16. The molecular weight excluding hydrogens is 347 g/mol. The Hall–Kier alpha value is -1.60. The third-order valence-corrected chi connectivity index (χ3v) is 4.68.